The lowest BCUT2D eigenvalue weighted by Gasteiger charge is -2.31. The first-order valence-corrected chi connectivity index (χ1v) is 10.6. The van der Waals surface area contributed by atoms with Crippen LogP contribution in [0.5, 0.6) is 17.2 Å². The zero-order chi connectivity index (χ0) is 21.8. The maximum atomic E-state index is 12.3. The molecule has 0 unspecified atom stereocenters. The average Bonchev–Trinajstić information content (AvgIpc) is 3.09. The second-order valence-electron chi connectivity index (χ2n) is 8.04. The van der Waals surface area contributed by atoms with Gasteiger partial charge in [0.2, 0.25) is 0 Å². The minimum absolute atomic E-state index is 0.0320. The van der Waals surface area contributed by atoms with Gasteiger partial charge in [-0.1, -0.05) is 24.1 Å². The lowest BCUT2D eigenvalue weighted by Crippen LogP contribution is -2.40. The van der Waals surface area contributed by atoms with Crippen LogP contribution in [0.2, 0.25) is 0 Å². The molecule has 1 fully saturated rings. The quantitative estimate of drug-likeness (QED) is 0.700. The minimum atomic E-state index is -0.560. The molecule has 7 nitrogen and oxygen atoms in total. The number of ether oxygens (including phenoxy) is 4. The summed E-state index contributed by atoms with van der Waals surface area (Å²) in [4.78, 5) is 24.4. The number of benzene rings is 2. The number of fused-ring (bicyclic) bond motifs is 1. The van der Waals surface area contributed by atoms with Gasteiger partial charge >= 0.3 is 5.97 Å². The van der Waals surface area contributed by atoms with Crippen LogP contribution in [-0.2, 0) is 20.7 Å². The number of rotatable bonds is 6. The van der Waals surface area contributed by atoms with E-state index in [1.165, 1.54) is 6.42 Å². The van der Waals surface area contributed by atoms with Crippen molar-refractivity contribution in [3.8, 4) is 17.2 Å². The van der Waals surface area contributed by atoms with Crippen LogP contribution in [0.25, 0.3) is 0 Å². The van der Waals surface area contributed by atoms with Crippen LogP contribution in [0.15, 0.2) is 36.4 Å². The van der Waals surface area contributed by atoms with Gasteiger partial charge in [-0.3, -0.25) is 9.59 Å². The van der Waals surface area contributed by atoms with Crippen LogP contribution in [0.1, 0.15) is 43.2 Å². The third-order valence-electron chi connectivity index (χ3n) is 5.57. The van der Waals surface area contributed by atoms with E-state index < -0.39 is 17.7 Å². The molecule has 2 aromatic rings. The Balaban J connectivity index is 1.29. The average molecular weight is 425 g/mol. The zero-order valence-electron chi connectivity index (χ0n) is 17.9. The van der Waals surface area contributed by atoms with Crippen LogP contribution in [0.4, 0.5) is 5.69 Å². The number of esters is 1. The minimum Gasteiger partial charge on any atom is -0.496 e. The van der Waals surface area contributed by atoms with Crippen LogP contribution < -0.4 is 19.5 Å². The van der Waals surface area contributed by atoms with E-state index >= 15 is 0 Å². The normalized spacial score (nSPS) is 16.1. The third kappa shape index (κ3) is 4.93. The van der Waals surface area contributed by atoms with E-state index in [-0.39, 0.29) is 13.0 Å². The molecule has 2 aliphatic rings. The number of amides is 1. The Labute approximate surface area is 181 Å². The molecule has 1 heterocycles. The molecule has 0 radical (unpaired) electrons. The zero-order valence-corrected chi connectivity index (χ0v) is 17.9. The highest BCUT2D eigenvalue weighted by Crippen LogP contribution is 2.46. The molecule has 2 aromatic carbocycles. The number of aryl methyl sites for hydroxylation is 1. The predicted molar refractivity (Wildman–Crippen MR) is 115 cm³/mol. The molecule has 164 valence electrons. The number of methoxy groups -OCH3 is 1. The number of carbonyl (C=O) groups is 2. The summed E-state index contributed by atoms with van der Waals surface area (Å²) < 4.78 is 22.5. The van der Waals surface area contributed by atoms with E-state index in [0.717, 1.165) is 36.8 Å². The van der Waals surface area contributed by atoms with E-state index in [2.05, 4.69) is 5.32 Å². The summed E-state index contributed by atoms with van der Waals surface area (Å²) in [6, 6.07) is 10.9. The van der Waals surface area contributed by atoms with E-state index in [0.29, 0.717) is 22.9 Å². The summed E-state index contributed by atoms with van der Waals surface area (Å²) in [5.74, 6) is 0.458. The summed E-state index contributed by atoms with van der Waals surface area (Å²) in [5, 5.41) is 2.74. The molecular formula is C24H27NO6. The Kier molecular flexibility index (Phi) is 6.02. The van der Waals surface area contributed by atoms with Gasteiger partial charge in [0.05, 0.1) is 13.5 Å². The molecule has 1 saturated carbocycles. The van der Waals surface area contributed by atoms with E-state index in [1.807, 2.05) is 25.1 Å². The molecule has 1 aliphatic heterocycles. The summed E-state index contributed by atoms with van der Waals surface area (Å²) in [7, 11) is 1.55. The number of hydrogen-bond donors (Lipinski definition) is 1. The van der Waals surface area contributed by atoms with Gasteiger partial charge in [0.25, 0.3) is 11.7 Å². The van der Waals surface area contributed by atoms with Gasteiger partial charge in [-0.05, 0) is 38.0 Å². The highest BCUT2D eigenvalue weighted by Gasteiger charge is 2.42. The molecule has 0 saturated heterocycles. The third-order valence-corrected chi connectivity index (χ3v) is 5.57. The number of anilines is 1. The fraction of sp³-hybridized carbons (Fsp3) is 0.417. The SMILES string of the molecule is COc1ccc(C)cc1CC(=O)OCC(=O)Nc1ccc2c(c1)OC1(CCCCC1)O2. The molecule has 31 heavy (non-hydrogen) atoms. The van der Waals surface area contributed by atoms with Gasteiger partial charge in [0.15, 0.2) is 18.1 Å². The second kappa shape index (κ2) is 8.88. The van der Waals surface area contributed by atoms with Crippen molar-refractivity contribution in [1.82, 2.24) is 0 Å². The molecule has 7 heteroatoms. The van der Waals surface area contributed by atoms with Gasteiger partial charge in [0, 0.05) is 30.2 Å². The van der Waals surface area contributed by atoms with Crippen molar-refractivity contribution in [3.63, 3.8) is 0 Å². The molecule has 1 aliphatic carbocycles. The largest absolute Gasteiger partial charge is 0.496 e. The van der Waals surface area contributed by atoms with Crippen molar-refractivity contribution < 1.29 is 28.5 Å². The van der Waals surface area contributed by atoms with Crippen LogP contribution >= 0.6 is 0 Å². The molecule has 1 amide bonds. The monoisotopic (exact) mass is 425 g/mol. The van der Waals surface area contributed by atoms with Gasteiger partial charge in [-0.15, -0.1) is 0 Å². The van der Waals surface area contributed by atoms with Crippen molar-refractivity contribution in [3.05, 3.63) is 47.5 Å². The van der Waals surface area contributed by atoms with Crippen molar-refractivity contribution in [2.75, 3.05) is 19.0 Å². The summed E-state index contributed by atoms with van der Waals surface area (Å²) in [5.41, 5.74) is 2.30. The number of nitrogens with one attached hydrogen (secondary N) is 1. The first kappa shape index (κ1) is 21.0. The van der Waals surface area contributed by atoms with Crippen molar-refractivity contribution >= 4 is 17.6 Å². The molecule has 1 spiro atoms. The number of carbonyl (C=O) groups excluding carboxylic acids is 2. The van der Waals surface area contributed by atoms with Gasteiger partial charge in [-0.2, -0.15) is 0 Å². The van der Waals surface area contributed by atoms with E-state index in [1.54, 1.807) is 25.3 Å². The Bertz CT molecular complexity index is 980. The maximum absolute atomic E-state index is 12.3. The lowest BCUT2D eigenvalue weighted by molar-refractivity contribution is -0.146. The first-order valence-electron chi connectivity index (χ1n) is 10.6. The summed E-state index contributed by atoms with van der Waals surface area (Å²) in [6.07, 6.45) is 5.12. The fourth-order valence-electron chi connectivity index (χ4n) is 4.06. The Hall–Kier alpha value is -3.22. The van der Waals surface area contributed by atoms with E-state index in [9.17, 15) is 9.59 Å². The van der Waals surface area contributed by atoms with Gasteiger partial charge in [-0.25, -0.2) is 0 Å². The Morgan fingerprint density at radius 3 is 2.58 bits per heavy atom. The van der Waals surface area contributed by atoms with Crippen LogP contribution in [0, 0.1) is 6.92 Å². The molecule has 0 aromatic heterocycles. The summed E-state index contributed by atoms with van der Waals surface area (Å²) >= 11 is 0. The second-order valence-corrected chi connectivity index (χ2v) is 8.04. The highest BCUT2D eigenvalue weighted by atomic mass is 16.7. The van der Waals surface area contributed by atoms with Crippen LogP contribution in [0.3, 0.4) is 0 Å². The summed E-state index contributed by atoms with van der Waals surface area (Å²) in [6.45, 7) is 1.56. The van der Waals surface area contributed by atoms with Crippen molar-refractivity contribution in [2.45, 2.75) is 51.2 Å². The highest BCUT2D eigenvalue weighted by molar-refractivity contribution is 5.93. The van der Waals surface area contributed by atoms with E-state index in [4.69, 9.17) is 18.9 Å². The predicted octanol–water partition coefficient (Wildman–Crippen LogP) is 4.16. The molecular weight excluding hydrogens is 398 g/mol. The molecule has 4 rings (SSSR count). The van der Waals surface area contributed by atoms with Crippen molar-refractivity contribution in [1.29, 1.82) is 0 Å². The van der Waals surface area contributed by atoms with Gasteiger partial charge < -0.3 is 24.3 Å². The fourth-order valence-corrected chi connectivity index (χ4v) is 4.06. The maximum Gasteiger partial charge on any atom is 0.310 e. The molecule has 1 N–H and O–H groups in total. The molecule has 0 atom stereocenters. The smallest absolute Gasteiger partial charge is 0.310 e. The molecule has 0 bridgehead atoms. The Morgan fingerprint density at radius 1 is 1.03 bits per heavy atom. The van der Waals surface area contributed by atoms with Crippen LogP contribution in [-0.4, -0.2) is 31.4 Å². The van der Waals surface area contributed by atoms with Crippen molar-refractivity contribution in [2.24, 2.45) is 0 Å². The topological polar surface area (TPSA) is 83.1 Å². The first-order chi connectivity index (χ1) is 15.0. The Morgan fingerprint density at radius 2 is 1.81 bits per heavy atom. The number of hydrogen-bond acceptors (Lipinski definition) is 6. The lowest BCUT2D eigenvalue weighted by atomic mass is 9.94. The van der Waals surface area contributed by atoms with Gasteiger partial charge in [0.1, 0.15) is 5.75 Å². The standard InChI is InChI=1S/C24H27NO6/c1-16-6-8-19(28-2)17(12-16)13-23(27)29-15-22(26)25-18-7-9-20-21(14-18)31-24(30-20)10-4-3-5-11-24/h6-9,12,14H,3-5,10-11,13,15H2,1-2H3,(H,25,26).